The average Bonchev–Trinajstić information content (AvgIpc) is 2.95. The third kappa shape index (κ3) is 2.70. The largest absolute Gasteiger partial charge is 0.268 e. The first-order valence-corrected chi connectivity index (χ1v) is 9.68. The number of thiophene rings is 1. The van der Waals surface area contributed by atoms with E-state index < -0.39 is 5.82 Å². The number of nitrogens with zero attached hydrogens (tertiary/aromatic N) is 2. The minimum Gasteiger partial charge on any atom is -0.268 e. The maximum atomic E-state index is 13.5. The van der Waals surface area contributed by atoms with E-state index in [0.717, 1.165) is 35.0 Å². The van der Waals surface area contributed by atoms with Crippen molar-refractivity contribution in [2.24, 2.45) is 5.92 Å². The average molecular weight is 377 g/mol. The van der Waals surface area contributed by atoms with E-state index in [2.05, 4.69) is 11.9 Å². The molecule has 3 nitrogen and oxygen atoms in total. The van der Waals surface area contributed by atoms with E-state index >= 15 is 0 Å². The third-order valence-corrected chi connectivity index (χ3v) is 6.53. The summed E-state index contributed by atoms with van der Waals surface area (Å²) in [5.74, 6) is 0.786. The Kier molecular flexibility index (Phi) is 4.16. The van der Waals surface area contributed by atoms with Crippen molar-refractivity contribution in [2.45, 2.75) is 39.5 Å². The van der Waals surface area contributed by atoms with E-state index in [-0.39, 0.29) is 10.6 Å². The Hall–Kier alpha value is -1.72. The van der Waals surface area contributed by atoms with Crippen molar-refractivity contribution < 1.29 is 4.39 Å². The molecule has 0 bridgehead atoms. The standard InChI is InChI=1S/C19H18ClFN2OS/c1-3-11-4-6-13-16(8-11)25-18-17(13)19(24)23(10(2)22-18)12-5-7-15(21)14(20)9-12/h5,7,9,11H,3-4,6,8H2,1-2H3/t11-/m0/s1. The van der Waals surface area contributed by atoms with E-state index in [1.165, 1.54) is 28.0 Å². The first-order chi connectivity index (χ1) is 12.0. The minimum absolute atomic E-state index is 0.00188. The fourth-order valence-electron chi connectivity index (χ4n) is 3.67. The fourth-order valence-corrected chi connectivity index (χ4v) is 5.22. The van der Waals surface area contributed by atoms with Crippen LogP contribution in [0.5, 0.6) is 0 Å². The van der Waals surface area contributed by atoms with Crippen molar-refractivity contribution in [1.82, 2.24) is 9.55 Å². The molecule has 25 heavy (non-hydrogen) atoms. The summed E-state index contributed by atoms with van der Waals surface area (Å²) < 4.78 is 15.0. The number of aromatic nitrogens is 2. The maximum absolute atomic E-state index is 13.5. The Balaban J connectivity index is 1.95. The van der Waals surface area contributed by atoms with Gasteiger partial charge in [0, 0.05) is 4.88 Å². The van der Waals surface area contributed by atoms with Crippen LogP contribution in [-0.2, 0) is 12.8 Å². The van der Waals surface area contributed by atoms with Gasteiger partial charge in [-0.1, -0.05) is 24.9 Å². The molecule has 0 N–H and O–H groups in total. The van der Waals surface area contributed by atoms with Crippen LogP contribution in [0.2, 0.25) is 5.02 Å². The van der Waals surface area contributed by atoms with E-state index in [0.29, 0.717) is 17.4 Å². The molecule has 1 aliphatic rings. The predicted molar refractivity (Wildman–Crippen MR) is 101 cm³/mol. The molecule has 1 aliphatic carbocycles. The normalized spacial score (nSPS) is 17.0. The Morgan fingerprint density at radius 1 is 1.44 bits per heavy atom. The van der Waals surface area contributed by atoms with Crippen molar-refractivity contribution >= 4 is 33.2 Å². The molecule has 2 heterocycles. The number of halogens is 2. The van der Waals surface area contributed by atoms with Gasteiger partial charge in [-0.05, 0) is 55.9 Å². The Labute approximate surface area is 154 Å². The zero-order chi connectivity index (χ0) is 17.7. The first kappa shape index (κ1) is 16.7. The maximum Gasteiger partial charge on any atom is 0.267 e. The van der Waals surface area contributed by atoms with E-state index in [1.807, 2.05) is 0 Å². The summed E-state index contributed by atoms with van der Waals surface area (Å²) in [5.41, 5.74) is 1.62. The van der Waals surface area contributed by atoms with Crippen molar-refractivity contribution in [3.8, 4) is 5.69 Å². The van der Waals surface area contributed by atoms with E-state index in [9.17, 15) is 9.18 Å². The van der Waals surface area contributed by atoms with E-state index in [1.54, 1.807) is 24.3 Å². The van der Waals surface area contributed by atoms with Crippen LogP contribution in [0.25, 0.3) is 15.9 Å². The van der Waals surface area contributed by atoms with Gasteiger partial charge >= 0.3 is 0 Å². The number of hydrogen-bond donors (Lipinski definition) is 0. The van der Waals surface area contributed by atoms with Gasteiger partial charge in [0.15, 0.2) is 0 Å². The molecule has 0 aliphatic heterocycles. The highest BCUT2D eigenvalue weighted by atomic mass is 35.5. The molecule has 0 saturated heterocycles. The van der Waals surface area contributed by atoms with Gasteiger partial charge in [0.2, 0.25) is 0 Å². The number of benzene rings is 1. The summed E-state index contributed by atoms with van der Waals surface area (Å²) in [6.07, 6.45) is 4.25. The lowest BCUT2D eigenvalue weighted by molar-refractivity contribution is 0.451. The van der Waals surface area contributed by atoms with Crippen LogP contribution in [0, 0.1) is 18.7 Å². The summed E-state index contributed by atoms with van der Waals surface area (Å²) in [6.45, 7) is 4.02. The van der Waals surface area contributed by atoms with Gasteiger partial charge in [0.25, 0.3) is 5.56 Å². The number of fused-ring (bicyclic) bond motifs is 3. The Morgan fingerprint density at radius 2 is 2.24 bits per heavy atom. The van der Waals surface area contributed by atoms with Gasteiger partial charge in [-0.3, -0.25) is 9.36 Å². The molecule has 1 aromatic carbocycles. The van der Waals surface area contributed by atoms with Crippen molar-refractivity contribution in [1.29, 1.82) is 0 Å². The summed E-state index contributed by atoms with van der Waals surface area (Å²) in [5, 5.41) is 0.725. The van der Waals surface area contributed by atoms with Crippen molar-refractivity contribution in [3.63, 3.8) is 0 Å². The van der Waals surface area contributed by atoms with Crippen LogP contribution in [0.1, 0.15) is 36.0 Å². The van der Waals surface area contributed by atoms with E-state index in [4.69, 9.17) is 11.6 Å². The van der Waals surface area contributed by atoms with Gasteiger partial charge in [-0.2, -0.15) is 0 Å². The topological polar surface area (TPSA) is 34.9 Å². The molecule has 130 valence electrons. The second kappa shape index (κ2) is 6.22. The number of rotatable bonds is 2. The molecule has 0 unspecified atom stereocenters. The summed E-state index contributed by atoms with van der Waals surface area (Å²) in [6, 6.07) is 4.32. The smallest absolute Gasteiger partial charge is 0.267 e. The Morgan fingerprint density at radius 3 is 2.96 bits per heavy atom. The molecule has 2 aromatic heterocycles. The Bertz CT molecular complexity index is 1040. The highest BCUT2D eigenvalue weighted by Gasteiger charge is 2.25. The first-order valence-electron chi connectivity index (χ1n) is 8.49. The third-order valence-electron chi connectivity index (χ3n) is 5.09. The molecule has 0 fully saturated rings. The molecule has 1 atom stereocenters. The van der Waals surface area contributed by atoms with Gasteiger partial charge in [-0.25, -0.2) is 9.37 Å². The van der Waals surface area contributed by atoms with Crippen LogP contribution >= 0.6 is 22.9 Å². The van der Waals surface area contributed by atoms with Gasteiger partial charge < -0.3 is 0 Å². The van der Waals surface area contributed by atoms with Crippen LogP contribution in [0.15, 0.2) is 23.0 Å². The molecule has 0 saturated carbocycles. The summed E-state index contributed by atoms with van der Waals surface area (Å²) in [7, 11) is 0. The molecule has 6 heteroatoms. The highest BCUT2D eigenvalue weighted by Crippen LogP contribution is 2.37. The van der Waals surface area contributed by atoms with Crippen molar-refractivity contribution in [3.05, 3.63) is 55.7 Å². The van der Waals surface area contributed by atoms with Gasteiger partial charge in [0.1, 0.15) is 16.5 Å². The van der Waals surface area contributed by atoms with Crippen molar-refractivity contribution in [2.75, 3.05) is 0 Å². The van der Waals surface area contributed by atoms with Crippen LogP contribution in [0.4, 0.5) is 4.39 Å². The monoisotopic (exact) mass is 376 g/mol. The zero-order valence-electron chi connectivity index (χ0n) is 14.1. The fraction of sp³-hybridized carbons (Fsp3) is 0.368. The SMILES string of the molecule is CC[C@H]1CCc2c(sc3nc(C)n(-c4ccc(F)c(Cl)c4)c(=O)c23)C1. The van der Waals surface area contributed by atoms with Crippen LogP contribution < -0.4 is 5.56 Å². The second-order valence-corrected chi connectivity index (χ2v) is 8.09. The van der Waals surface area contributed by atoms with Crippen LogP contribution in [-0.4, -0.2) is 9.55 Å². The summed E-state index contributed by atoms with van der Waals surface area (Å²) in [4.78, 5) is 20.0. The molecule has 0 amide bonds. The number of aryl methyl sites for hydroxylation is 2. The lowest BCUT2D eigenvalue weighted by Crippen LogP contribution is -2.23. The minimum atomic E-state index is -0.497. The molecule has 0 radical (unpaired) electrons. The predicted octanol–water partition coefficient (Wildman–Crippen LogP) is 5.06. The molecule has 0 spiro atoms. The van der Waals surface area contributed by atoms with Crippen LogP contribution in [0.3, 0.4) is 0 Å². The van der Waals surface area contributed by atoms with Gasteiger partial charge in [0.05, 0.1) is 16.1 Å². The molecular weight excluding hydrogens is 359 g/mol. The summed E-state index contributed by atoms with van der Waals surface area (Å²) >= 11 is 7.55. The lowest BCUT2D eigenvalue weighted by Gasteiger charge is -2.20. The number of hydrogen-bond acceptors (Lipinski definition) is 3. The van der Waals surface area contributed by atoms with Gasteiger partial charge in [-0.15, -0.1) is 11.3 Å². The lowest BCUT2D eigenvalue weighted by atomic mass is 9.86. The second-order valence-electron chi connectivity index (χ2n) is 6.60. The molecular formula is C19H18ClFN2OS. The quantitative estimate of drug-likeness (QED) is 0.626. The zero-order valence-corrected chi connectivity index (χ0v) is 15.7. The molecule has 3 aromatic rings. The molecule has 4 rings (SSSR count). The highest BCUT2D eigenvalue weighted by molar-refractivity contribution is 7.18.